The van der Waals surface area contributed by atoms with Gasteiger partial charge < -0.3 is 14.8 Å². The molecule has 0 bridgehead atoms. The Balaban J connectivity index is 1.47. The Morgan fingerprint density at radius 1 is 1.14 bits per heavy atom. The first kappa shape index (κ1) is 26.7. The second-order valence-electron chi connectivity index (χ2n) is 9.55. The van der Waals surface area contributed by atoms with Crippen molar-refractivity contribution in [3.8, 4) is 10.4 Å². The fourth-order valence-electron chi connectivity index (χ4n) is 3.82. The zero-order chi connectivity index (χ0) is 27.0. The fourth-order valence-corrected chi connectivity index (χ4v) is 4.73. The maximum atomic E-state index is 12.8. The Morgan fingerprint density at radius 3 is 2.54 bits per heavy atom. The van der Waals surface area contributed by atoms with Crippen molar-refractivity contribution in [2.75, 3.05) is 16.8 Å². The van der Waals surface area contributed by atoms with Crippen molar-refractivity contribution in [3.05, 3.63) is 47.5 Å². The van der Waals surface area contributed by atoms with Gasteiger partial charge in [-0.2, -0.15) is 18.2 Å². The molecule has 4 rings (SSSR count). The van der Waals surface area contributed by atoms with Crippen LogP contribution in [-0.4, -0.2) is 50.4 Å². The molecule has 1 aliphatic heterocycles. The number of anilines is 2. The van der Waals surface area contributed by atoms with Gasteiger partial charge in [-0.05, 0) is 52.8 Å². The number of amides is 1. The standard InChI is InChI=1S/C24H27F3N6O3S/c1-13(20-30-11-17(37-20)15-6-7-18(29-10-15)24(25,26)27)31-21-28-9-8-19(32-21)33-16(12-35-22(33)34)14(2)36-23(3,4)5/h6-11,13-14,16H,12H2,1-5H3,(H,28,31,32)/t13-,14+,16+/m0/s1. The number of carbonyl (C=O) groups is 1. The first-order chi connectivity index (χ1) is 17.3. The van der Waals surface area contributed by atoms with E-state index in [0.717, 1.165) is 6.07 Å². The van der Waals surface area contributed by atoms with Crippen molar-refractivity contribution in [1.82, 2.24) is 19.9 Å². The first-order valence-electron chi connectivity index (χ1n) is 11.5. The predicted octanol–water partition coefficient (Wildman–Crippen LogP) is 5.72. The largest absolute Gasteiger partial charge is 0.447 e. The third kappa shape index (κ3) is 6.34. The monoisotopic (exact) mass is 536 g/mol. The quantitative estimate of drug-likeness (QED) is 0.409. The Hall–Kier alpha value is -3.32. The molecular formula is C24H27F3N6O3S. The van der Waals surface area contributed by atoms with Gasteiger partial charge in [-0.25, -0.2) is 14.8 Å². The van der Waals surface area contributed by atoms with E-state index in [1.54, 1.807) is 12.3 Å². The van der Waals surface area contributed by atoms with E-state index >= 15 is 0 Å². The number of cyclic esters (lactones) is 1. The van der Waals surface area contributed by atoms with Crippen LogP contribution in [0.4, 0.5) is 29.7 Å². The van der Waals surface area contributed by atoms with Gasteiger partial charge >= 0.3 is 12.3 Å². The number of thiazole rings is 1. The summed E-state index contributed by atoms with van der Waals surface area (Å²) in [6, 6.07) is 3.26. The van der Waals surface area contributed by atoms with Gasteiger partial charge in [0.05, 0.1) is 22.6 Å². The average molecular weight is 537 g/mol. The van der Waals surface area contributed by atoms with Crippen LogP contribution >= 0.6 is 11.3 Å². The molecule has 1 saturated heterocycles. The number of rotatable bonds is 7. The van der Waals surface area contributed by atoms with Crippen LogP contribution in [0.3, 0.4) is 0 Å². The number of nitrogens with one attached hydrogen (secondary N) is 1. The molecule has 198 valence electrons. The van der Waals surface area contributed by atoms with Gasteiger partial charge in [0.2, 0.25) is 5.95 Å². The first-order valence-corrected chi connectivity index (χ1v) is 12.4. The maximum Gasteiger partial charge on any atom is 0.433 e. The van der Waals surface area contributed by atoms with Crippen molar-refractivity contribution in [1.29, 1.82) is 0 Å². The molecule has 3 atom stereocenters. The zero-order valence-corrected chi connectivity index (χ0v) is 21.7. The van der Waals surface area contributed by atoms with Gasteiger partial charge in [0.25, 0.3) is 0 Å². The maximum absolute atomic E-state index is 12.8. The Labute approximate surface area is 216 Å². The van der Waals surface area contributed by atoms with Gasteiger partial charge in [0.1, 0.15) is 29.2 Å². The van der Waals surface area contributed by atoms with Gasteiger partial charge in [0.15, 0.2) is 0 Å². The number of alkyl halides is 3. The highest BCUT2D eigenvalue weighted by Crippen LogP contribution is 2.33. The molecule has 0 aromatic carbocycles. The molecule has 1 fully saturated rings. The molecule has 1 amide bonds. The van der Waals surface area contributed by atoms with Gasteiger partial charge in [-0.3, -0.25) is 9.88 Å². The number of aromatic nitrogens is 4. The Kier molecular flexibility index (Phi) is 7.38. The highest BCUT2D eigenvalue weighted by molar-refractivity contribution is 7.15. The molecule has 13 heteroatoms. The van der Waals surface area contributed by atoms with Crippen molar-refractivity contribution in [3.63, 3.8) is 0 Å². The molecule has 3 aromatic rings. The van der Waals surface area contributed by atoms with Crippen LogP contribution in [0.25, 0.3) is 10.4 Å². The van der Waals surface area contributed by atoms with Gasteiger partial charge in [-0.15, -0.1) is 11.3 Å². The molecule has 0 unspecified atom stereocenters. The second kappa shape index (κ2) is 10.2. The fraction of sp³-hybridized carbons (Fsp3) is 0.458. The van der Waals surface area contributed by atoms with E-state index in [1.807, 2.05) is 34.6 Å². The lowest BCUT2D eigenvalue weighted by atomic mass is 10.1. The molecule has 1 N–H and O–H groups in total. The zero-order valence-electron chi connectivity index (χ0n) is 20.9. The number of halogens is 3. The van der Waals surface area contributed by atoms with Crippen molar-refractivity contribution >= 4 is 29.2 Å². The summed E-state index contributed by atoms with van der Waals surface area (Å²) in [6.45, 7) is 9.75. The summed E-state index contributed by atoms with van der Waals surface area (Å²) in [5.74, 6) is 0.651. The van der Waals surface area contributed by atoms with E-state index in [9.17, 15) is 18.0 Å². The molecule has 0 aliphatic carbocycles. The number of ether oxygens (including phenoxy) is 2. The summed E-state index contributed by atoms with van der Waals surface area (Å²) in [7, 11) is 0. The molecule has 37 heavy (non-hydrogen) atoms. The van der Waals surface area contributed by atoms with Crippen molar-refractivity contribution in [2.24, 2.45) is 0 Å². The number of hydrogen-bond donors (Lipinski definition) is 1. The van der Waals surface area contributed by atoms with Gasteiger partial charge in [-0.1, -0.05) is 0 Å². The smallest absolute Gasteiger partial charge is 0.433 e. The second-order valence-corrected chi connectivity index (χ2v) is 10.6. The molecule has 0 spiro atoms. The van der Waals surface area contributed by atoms with Crippen LogP contribution in [0, 0.1) is 0 Å². The van der Waals surface area contributed by atoms with E-state index in [0.29, 0.717) is 21.3 Å². The minimum atomic E-state index is -4.49. The topological polar surface area (TPSA) is 102 Å². The summed E-state index contributed by atoms with van der Waals surface area (Å²) in [5.41, 5.74) is -0.808. The van der Waals surface area contributed by atoms with Crippen molar-refractivity contribution in [2.45, 2.75) is 64.6 Å². The third-order valence-electron chi connectivity index (χ3n) is 5.45. The molecule has 0 saturated carbocycles. The van der Waals surface area contributed by atoms with Crippen LogP contribution in [0.2, 0.25) is 0 Å². The summed E-state index contributed by atoms with van der Waals surface area (Å²) >= 11 is 1.31. The summed E-state index contributed by atoms with van der Waals surface area (Å²) in [6.07, 6.45) is -1.00. The summed E-state index contributed by atoms with van der Waals surface area (Å²) in [4.78, 5) is 31.3. The average Bonchev–Trinajstić information content (AvgIpc) is 3.45. The lowest BCUT2D eigenvalue weighted by Gasteiger charge is -2.31. The van der Waals surface area contributed by atoms with Crippen LogP contribution in [0.15, 0.2) is 36.8 Å². The SMILES string of the molecule is C[C@H](Nc1nccc(N2C(=O)OC[C@@H]2[C@@H](C)OC(C)(C)C)n1)c1ncc(-c2ccc(C(F)(F)F)nc2)s1. The molecule has 1 aliphatic rings. The van der Waals surface area contributed by atoms with E-state index in [-0.39, 0.29) is 30.7 Å². The third-order valence-corrected chi connectivity index (χ3v) is 6.68. The van der Waals surface area contributed by atoms with E-state index in [1.165, 1.54) is 34.7 Å². The molecule has 3 aromatic heterocycles. The predicted molar refractivity (Wildman–Crippen MR) is 132 cm³/mol. The Morgan fingerprint density at radius 2 is 1.89 bits per heavy atom. The van der Waals surface area contributed by atoms with E-state index in [2.05, 4.69) is 25.3 Å². The molecular weight excluding hydrogens is 509 g/mol. The molecule has 4 heterocycles. The minimum absolute atomic E-state index is 0.181. The highest BCUT2D eigenvalue weighted by atomic mass is 32.1. The normalized spacial score (nSPS) is 18.0. The van der Waals surface area contributed by atoms with Crippen LogP contribution in [-0.2, 0) is 15.7 Å². The number of nitrogens with zero attached hydrogens (tertiary/aromatic N) is 5. The summed E-state index contributed by atoms with van der Waals surface area (Å²) < 4.78 is 49.7. The van der Waals surface area contributed by atoms with E-state index < -0.39 is 23.6 Å². The lowest BCUT2D eigenvalue weighted by Crippen LogP contribution is -2.45. The highest BCUT2D eigenvalue weighted by Gasteiger charge is 2.40. The number of pyridine rings is 1. The Bertz CT molecular complexity index is 1250. The summed E-state index contributed by atoms with van der Waals surface area (Å²) in [5, 5.41) is 3.84. The number of carbonyl (C=O) groups excluding carboxylic acids is 1. The van der Waals surface area contributed by atoms with Crippen LogP contribution in [0.5, 0.6) is 0 Å². The van der Waals surface area contributed by atoms with Crippen LogP contribution < -0.4 is 10.2 Å². The number of hydrogen-bond acceptors (Lipinski definition) is 9. The van der Waals surface area contributed by atoms with E-state index in [4.69, 9.17) is 9.47 Å². The minimum Gasteiger partial charge on any atom is -0.447 e. The lowest BCUT2D eigenvalue weighted by molar-refractivity contribution is -0.141. The van der Waals surface area contributed by atoms with Gasteiger partial charge in [0, 0.05) is 24.2 Å². The molecule has 0 radical (unpaired) electrons. The molecule has 9 nitrogen and oxygen atoms in total. The van der Waals surface area contributed by atoms with Crippen LogP contribution in [0.1, 0.15) is 51.4 Å². The van der Waals surface area contributed by atoms with Crippen molar-refractivity contribution < 1.29 is 27.4 Å².